The Kier molecular flexibility index (Phi) is 9.16. The number of ether oxygens (including phenoxy) is 1. The van der Waals surface area contributed by atoms with Crippen molar-refractivity contribution in [2.45, 2.75) is 77.5 Å². The Balaban J connectivity index is 0.00000312. The molecule has 0 aromatic rings. The summed E-state index contributed by atoms with van der Waals surface area (Å²) in [7, 11) is 0. The number of likely N-dealkylation sites (tertiary alicyclic amines) is 1. The summed E-state index contributed by atoms with van der Waals surface area (Å²) in [5.74, 6) is 0.872. The van der Waals surface area contributed by atoms with Crippen LogP contribution in [-0.4, -0.2) is 66.2 Å². The number of hydrogen-bond donors (Lipinski definition) is 1. The predicted octanol–water partition coefficient (Wildman–Crippen LogP) is 2.66. The zero-order valence-electron chi connectivity index (χ0n) is 16.5. The lowest BCUT2D eigenvalue weighted by atomic mass is 9.90. The maximum absolute atomic E-state index is 12.6. The monoisotopic (exact) mass is 375 g/mol. The van der Waals surface area contributed by atoms with Gasteiger partial charge in [0.1, 0.15) is 0 Å². The molecule has 5 nitrogen and oxygen atoms in total. The fraction of sp³-hybridized carbons (Fsp3) is 0.947. The number of rotatable bonds is 6. The molecule has 1 amide bonds. The van der Waals surface area contributed by atoms with Gasteiger partial charge in [-0.3, -0.25) is 9.69 Å². The maximum atomic E-state index is 12.6. The molecule has 2 saturated heterocycles. The Morgan fingerprint density at radius 1 is 1.20 bits per heavy atom. The molecular weight excluding hydrogens is 338 g/mol. The summed E-state index contributed by atoms with van der Waals surface area (Å²) in [5, 5.41) is 0. The molecule has 25 heavy (non-hydrogen) atoms. The lowest BCUT2D eigenvalue weighted by molar-refractivity contribution is -0.138. The first-order valence-corrected chi connectivity index (χ1v) is 9.78. The second-order valence-corrected chi connectivity index (χ2v) is 8.21. The standard InChI is InChI=1S/C19H37N3O2.ClH/c1-5-9-19(4,20)18(23)22-11-7-17(8-12-22)6-10-21-13-15(2)24-16(3)14-21;/h15-17H,5-14,20H2,1-4H3;1H. The van der Waals surface area contributed by atoms with Gasteiger partial charge in [0.25, 0.3) is 0 Å². The molecule has 6 heteroatoms. The number of piperidine rings is 1. The van der Waals surface area contributed by atoms with Crippen molar-refractivity contribution < 1.29 is 9.53 Å². The van der Waals surface area contributed by atoms with E-state index in [0.29, 0.717) is 12.2 Å². The number of morpholine rings is 1. The van der Waals surface area contributed by atoms with Crippen LogP contribution in [0.25, 0.3) is 0 Å². The lowest BCUT2D eigenvalue weighted by Crippen LogP contribution is -2.55. The molecule has 3 atom stereocenters. The summed E-state index contributed by atoms with van der Waals surface area (Å²) < 4.78 is 5.80. The molecule has 0 spiro atoms. The van der Waals surface area contributed by atoms with Gasteiger partial charge in [0.2, 0.25) is 5.91 Å². The van der Waals surface area contributed by atoms with E-state index in [1.807, 2.05) is 11.8 Å². The van der Waals surface area contributed by atoms with E-state index in [4.69, 9.17) is 10.5 Å². The van der Waals surface area contributed by atoms with E-state index in [1.54, 1.807) is 0 Å². The van der Waals surface area contributed by atoms with Crippen molar-refractivity contribution in [3.63, 3.8) is 0 Å². The molecule has 0 aromatic carbocycles. The fourth-order valence-electron chi connectivity index (χ4n) is 4.24. The zero-order valence-corrected chi connectivity index (χ0v) is 17.3. The van der Waals surface area contributed by atoms with Gasteiger partial charge in [-0.2, -0.15) is 0 Å². The maximum Gasteiger partial charge on any atom is 0.242 e. The molecule has 148 valence electrons. The first kappa shape index (κ1) is 22.7. The molecule has 2 aliphatic heterocycles. The Hall–Kier alpha value is -0.360. The number of halogens is 1. The van der Waals surface area contributed by atoms with Gasteiger partial charge in [0.05, 0.1) is 17.7 Å². The molecule has 3 unspecified atom stereocenters. The average Bonchev–Trinajstić information content (AvgIpc) is 2.52. The number of carbonyl (C=O) groups is 1. The van der Waals surface area contributed by atoms with Crippen LogP contribution < -0.4 is 5.73 Å². The first-order valence-electron chi connectivity index (χ1n) is 9.78. The molecule has 0 saturated carbocycles. The smallest absolute Gasteiger partial charge is 0.242 e. The minimum atomic E-state index is -0.693. The predicted molar refractivity (Wildman–Crippen MR) is 105 cm³/mol. The van der Waals surface area contributed by atoms with E-state index in [9.17, 15) is 4.79 Å². The Morgan fingerprint density at radius 2 is 1.76 bits per heavy atom. The van der Waals surface area contributed by atoms with Crippen molar-refractivity contribution in [1.29, 1.82) is 0 Å². The third kappa shape index (κ3) is 6.70. The van der Waals surface area contributed by atoms with E-state index < -0.39 is 5.54 Å². The Bertz CT molecular complexity index is 401. The van der Waals surface area contributed by atoms with Crippen LogP contribution in [0.3, 0.4) is 0 Å². The van der Waals surface area contributed by atoms with Gasteiger partial charge < -0.3 is 15.4 Å². The summed E-state index contributed by atoms with van der Waals surface area (Å²) in [6, 6.07) is 0. The summed E-state index contributed by atoms with van der Waals surface area (Å²) in [4.78, 5) is 17.1. The number of hydrogen-bond acceptors (Lipinski definition) is 4. The van der Waals surface area contributed by atoms with Gasteiger partial charge in [0.15, 0.2) is 0 Å². The van der Waals surface area contributed by atoms with Crippen LogP contribution in [-0.2, 0) is 9.53 Å². The zero-order chi connectivity index (χ0) is 17.7. The molecule has 2 rings (SSSR count). The van der Waals surface area contributed by atoms with Crippen LogP contribution in [0.1, 0.15) is 59.8 Å². The van der Waals surface area contributed by atoms with Crippen molar-refractivity contribution in [2.75, 3.05) is 32.7 Å². The lowest BCUT2D eigenvalue weighted by Gasteiger charge is -2.39. The first-order chi connectivity index (χ1) is 11.3. The van der Waals surface area contributed by atoms with Crippen molar-refractivity contribution in [3.8, 4) is 0 Å². The average molecular weight is 376 g/mol. The van der Waals surface area contributed by atoms with E-state index in [2.05, 4.69) is 25.7 Å². The normalized spacial score (nSPS) is 28.3. The number of nitrogens with zero attached hydrogens (tertiary/aromatic N) is 2. The third-order valence-corrected chi connectivity index (χ3v) is 5.51. The van der Waals surface area contributed by atoms with Crippen molar-refractivity contribution >= 4 is 18.3 Å². The summed E-state index contributed by atoms with van der Waals surface area (Å²) >= 11 is 0. The van der Waals surface area contributed by atoms with E-state index in [-0.39, 0.29) is 18.3 Å². The van der Waals surface area contributed by atoms with Crippen molar-refractivity contribution in [1.82, 2.24) is 9.80 Å². The minimum Gasteiger partial charge on any atom is -0.373 e. The van der Waals surface area contributed by atoms with Crippen LogP contribution in [0, 0.1) is 5.92 Å². The number of nitrogens with two attached hydrogens (primary N) is 1. The molecule has 2 N–H and O–H groups in total. The molecular formula is C19H38ClN3O2. The highest BCUT2D eigenvalue weighted by atomic mass is 35.5. The fourth-order valence-corrected chi connectivity index (χ4v) is 4.24. The second-order valence-electron chi connectivity index (χ2n) is 8.21. The van der Waals surface area contributed by atoms with E-state index in [1.165, 1.54) is 6.42 Å². The molecule has 2 aliphatic rings. The van der Waals surface area contributed by atoms with Gasteiger partial charge in [-0.05, 0) is 58.9 Å². The molecule has 0 aliphatic carbocycles. The second kappa shape index (κ2) is 10.1. The molecule has 2 heterocycles. The quantitative estimate of drug-likeness (QED) is 0.775. The van der Waals surface area contributed by atoms with Gasteiger partial charge >= 0.3 is 0 Å². The molecule has 0 bridgehead atoms. The summed E-state index contributed by atoms with van der Waals surface area (Å²) in [5.41, 5.74) is 5.52. The summed E-state index contributed by atoms with van der Waals surface area (Å²) in [6.45, 7) is 13.3. The number of carbonyl (C=O) groups excluding carboxylic acids is 1. The topological polar surface area (TPSA) is 58.8 Å². The van der Waals surface area contributed by atoms with Crippen LogP contribution >= 0.6 is 12.4 Å². The Labute approximate surface area is 160 Å². The molecule has 0 radical (unpaired) electrons. The van der Waals surface area contributed by atoms with Crippen LogP contribution in [0.4, 0.5) is 0 Å². The largest absolute Gasteiger partial charge is 0.373 e. The van der Waals surface area contributed by atoms with Crippen LogP contribution in [0.15, 0.2) is 0 Å². The summed E-state index contributed by atoms with van der Waals surface area (Å²) in [6.07, 6.45) is 5.86. The van der Waals surface area contributed by atoms with Crippen LogP contribution in [0.5, 0.6) is 0 Å². The van der Waals surface area contributed by atoms with Gasteiger partial charge in [-0.15, -0.1) is 12.4 Å². The highest BCUT2D eigenvalue weighted by molar-refractivity contribution is 5.86. The Morgan fingerprint density at radius 3 is 2.28 bits per heavy atom. The third-order valence-electron chi connectivity index (χ3n) is 5.51. The highest BCUT2D eigenvalue weighted by Gasteiger charge is 2.34. The van der Waals surface area contributed by atoms with Crippen LogP contribution in [0.2, 0.25) is 0 Å². The number of amides is 1. The van der Waals surface area contributed by atoms with Gasteiger partial charge in [-0.1, -0.05) is 13.3 Å². The van der Waals surface area contributed by atoms with Gasteiger partial charge in [-0.25, -0.2) is 0 Å². The van der Waals surface area contributed by atoms with Crippen molar-refractivity contribution in [3.05, 3.63) is 0 Å². The van der Waals surface area contributed by atoms with Gasteiger partial charge in [0, 0.05) is 26.2 Å². The van der Waals surface area contributed by atoms with E-state index >= 15 is 0 Å². The minimum absolute atomic E-state index is 0. The van der Waals surface area contributed by atoms with E-state index in [0.717, 1.165) is 64.3 Å². The highest BCUT2D eigenvalue weighted by Crippen LogP contribution is 2.24. The SMILES string of the molecule is CCCC(C)(N)C(=O)N1CCC(CCN2CC(C)OC(C)C2)CC1.Cl. The van der Waals surface area contributed by atoms with Crippen molar-refractivity contribution in [2.24, 2.45) is 11.7 Å². The molecule has 0 aromatic heterocycles. The molecule has 2 fully saturated rings.